The molecule has 9 nitrogen and oxygen atoms in total. The molecule has 0 spiro atoms. The maximum absolute atomic E-state index is 12.6. The molecule has 2 aromatic carbocycles. The van der Waals surface area contributed by atoms with E-state index in [2.05, 4.69) is 5.32 Å². The fraction of sp³-hybridized carbons (Fsp3) is 0.286. The molecule has 0 bridgehead atoms. The van der Waals surface area contributed by atoms with Gasteiger partial charge in [-0.1, -0.05) is 0 Å². The number of carbonyl (C=O) groups excluding carboxylic acids is 2. The molecule has 0 aliphatic carbocycles. The lowest BCUT2D eigenvalue weighted by Gasteiger charge is -2.23. The highest BCUT2D eigenvalue weighted by atomic mass is 16.5. The summed E-state index contributed by atoms with van der Waals surface area (Å²) in [5.74, 6) is -1.02. The number of ether oxygens (including phenoxy) is 4. The summed E-state index contributed by atoms with van der Waals surface area (Å²) in [6, 6.07) is 10.3. The molecule has 2 rings (SSSR count). The number of benzene rings is 2. The zero-order chi connectivity index (χ0) is 22.1. The van der Waals surface area contributed by atoms with Gasteiger partial charge in [0.25, 0.3) is 0 Å². The van der Waals surface area contributed by atoms with E-state index in [1.54, 1.807) is 24.3 Å². The second kappa shape index (κ2) is 10.7. The van der Waals surface area contributed by atoms with Gasteiger partial charge in [-0.2, -0.15) is 5.26 Å². The number of nitrogens with zero attached hydrogens (tertiary/aromatic N) is 1. The summed E-state index contributed by atoms with van der Waals surface area (Å²) in [5, 5.41) is 21.2. The zero-order valence-corrected chi connectivity index (χ0v) is 16.8. The largest absolute Gasteiger partial charge is 0.497 e. The Hall–Kier alpha value is -3.77. The van der Waals surface area contributed by atoms with E-state index in [1.165, 1.54) is 33.5 Å². The van der Waals surface area contributed by atoms with Crippen LogP contribution in [-0.2, 0) is 14.3 Å². The highest BCUT2D eigenvalue weighted by Crippen LogP contribution is 2.36. The molecule has 0 aliphatic rings. The minimum Gasteiger partial charge on any atom is -0.497 e. The first-order valence-corrected chi connectivity index (χ1v) is 8.87. The van der Waals surface area contributed by atoms with Crippen LogP contribution in [0.15, 0.2) is 36.4 Å². The molecule has 30 heavy (non-hydrogen) atoms. The fourth-order valence-corrected chi connectivity index (χ4v) is 2.72. The van der Waals surface area contributed by atoms with Gasteiger partial charge in [0, 0.05) is 11.3 Å². The number of hydrogen-bond donors (Lipinski definition) is 2. The average molecular weight is 414 g/mol. The quantitative estimate of drug-likeness (QED) is 0.593. The molecule has 0 fully saturated rings. The normalized spacial score (nSPS) is 11.0. The number of nitriles is 1. The van der Waals surface area contributed by atoms with Crippen LogP contribution in [0.5, 0.6) is 11.5 Å². The van der Waals surface area contributed by atoms with Crippen molar-refractivity contribution in [3.8, 4) is 17.6 Å². The van der Waals surface area contributed by atoms with E-state index in [9.17, 15) is 14.7 Å². The van der Waals surface area contributed by atoms with Gasteiger partial charge < -0.3 is 29.4 Å². The van der Waals surface area contributed by atoms with E-state index in [0.717, 1.165) is 0 Å². The molecule has 158 valence electrons. The lowest BCUT2D eigenvalue weighted by molar-refractivity contribution is -0.141. The van der Waals surface area contributed by atoms with Crippen molar-refractivity contribution in [2.75, 3.05) is 39.9 Å². The van der Waals surface area contributed by atoms with E-state index in [4.69, 9.17) is 24.2 Å². The van der Waals surface area contributed by atoms with Gasteiger partial charge in [-0.05, 0) is 36.4 Å². The lowest BCUT2D eigenvalue weighted by Crippen LogP contribution is -2.24. The fourth-order valence-electron chi connectivity index (χ4n) is 2.72. The van der Waals surface area contributed by atoms with Crippen molar-refractivity contribution in [3.63, 3.8) is 0 Å². The van der Waals surface area contributed by atoms with Crippen LogP contribution in [0, 0.1) is 11.3 Å². The van der Waals surface area contributed by atoms with Crippen LogP contribution < -0.4 is 14.8 Å². The Morgan fingerprint density at radius 3 is 2.37 bits per heavy atom. The highest BCUT2D eigenvalue weighted by Gasteiger charge is 2.30. The number of anilines is 1. The van der Waals surface area contributed by atoms with Crippen molar-refractivity contribution >= 4 is 17.6 Å². The van der Waals surface area contributed by atoms with Gasteiger partial charge in [-0.15, -0.1) is 0 Å². The van der Waals surface area contributed by atoms with E-state index in [0.29, 0.717) is 11.3 Å². The van der Waals surface area contributed by atoms with Gasteiger partial charge in [0.05, 0.1) is 39.6 Å². The Labute approximate surface area is 173 Å². The van der Waals surface area contributed by atoms with Gasteiger partial charge >= 0.3 is 11.9 Å². The van der Waals surface area contributed by atoms with Crippen LogP contribution in [0.25, 0.3) is 0 Å². The SMILES string of the molecule is COC(=O)c1cc(OC)cc(C(Nc2ccc(C#N)cc2)C(=O)OC)c1OCCO. The van der Waals surface area contributed by atoms with Crippen molar-refractivity contribution in [3.05, 3.63) is 53.1 Å². The third-order valence-corrected chi connectivity index (χ3v) is 4.14. The number of aliphatic hydroxyl groups is 1. The number of carbonyl (C=O) groups is 2. The van der Waals surface area contributed by atoms with Crippen molar-refractivity contribution in [2.24, 2.45) is 0 Å². The first-order chi connectivity index (χ1) is 14.5. The van der Waals surface area contributed by atoms with Crippen molar-refractivity contribution in [1.82, 2.24) is 0 Å². The minimum atomic E-state index is -1.09. The summed E-state index contributed by atoms with van der Waals surface area (Å²) in [6.07, 6.45) is 0. The second-order valence-electron chi connectivity index (χ2n) is 5.95. The Kier molecular flexibility index (Phi) is 8.02. The topological polar surface area (TPSA) is 127 Å². The van der Waals surface area contributed by atoms with Crippen LogP contribution in [0.2, 0.25) is 0 Å². The van der Waals surface area contributed by atoms with E-state index < -0.39 is 18.0 Å². The summed E-state index contributed by atoms with van der Waals surface area (Å²) in [4.78, 5) is 24.9. The van der Waals surface area contributed by atoms with Crippen LogP contribution in [0.4, 0.5) is 5.69 Å². The summed E-state index contributed by atoms with van der Waals surface area (Å²) in [6.45, 7) is -0.424. The van der Waals surface area contributed by atoms with Crippen LogP contribution in [-0.4, -0.2) is 51.6 Å². The van der Waals surface area contributed by atoms with Crippen molar-refractivity contribution < 1.29 is 33.6 Å². The maximum Gasteiger partial charge on any atom is 0.341 e. The standard InChI is InChI=1S/C21H22N2O7/c1-27-15-10-16(19(30-9-8-24)17(11-15)20(25)28-2)18(21(26)29-3)23-14-6-4-13(12-22)5-7-14/h4-7,10-11,18,23-24H,8-9H2,1-3H3. The van der Waals surface area contributed by atoms with Crippen LogP contribution >= 0.6 is 0 Å². The molecular weight excluding hydrogens is 392 g/mol. The number of aliphatic hydroxyl groups excluding tert-OH is 1. The Bertz CT molecular complexity index is 936. The molecule has 0 aliphatic heterocycles. The summed E-state index contributed by atoms with van der Waals surface area (Å²) in [5.41, 5.74) is 1.26. The summed E-state index contributed by atoms with van der Waals surface area (Å²) in [7, 11) is 3.85. The number of methoxy groups -OCH3 is 3. The molecule has 0 radical (unpaired) electrons. The third kappa shape index (κ3) is 5.18. The van der Waals surface area contributed by atoms with Crippen LogP contribution in [0.1, 0.15) is 27.5 Å². The highest BCUT2D eigenvalue weighted by molar-refractivity contribution is 5.95. The molecule has 0 amide bonds. The molecule has 0 heterocycles. The van der Waals surface area contributed by atoms with Crippen molar-refractivity contribution in [1.29, 1.82) is 5.26 Å². The molecule has 2 N–H and O–H groups in total. The third-order valence-electron chi connectivity index (χ3n) is 4.14. The van der Waals surface area contributed by atoms with Gasteiger partial charge in [0.1, 0.15) is 23.7 Å². The Balaban J connectivity index is 2.63. The molecule has 0 saturated heterocycles. The Morgan fingerprint density at radius 2 is 1.83 bits per heavy atom. The molecule has 0 aromatic heterocycles. The smallest absolute Gasteiger partial charge is 0.341 e. The molecule has 0 saturated carbocycles. The average Bonchev–Trinajstić information content (AvgIpc) is 2.80. The maximum atomic E-state index is 12.6. The number of esters is 2. The number of nitrogens with one attached hydrogen (secondary N) is 1. The number of rotatable bonds is 9. The van der Waals surface area contributed by atoms with Gasteiger partial charge in [-0.25, -0.2) is 9.59 Å². The van der Waals surface area contributed by atoms with Gasteiger partial charge in [0.2, 0.25) is 0 Å². The van der Waals surface area contributed by atoms with Crippen molar-refractivity contribution in [2.45, 2.75) is 6.04 Å². The predicted octanol–water partition coefficient (Wildman–Crippen LogP) is 2.05. The molecule has 9 heteroatoms. The Morgan fingerprint density at radius 1 is 1.13 bits per heavy atom. The van der Waals surface area contributed by atoms with E-state index in [-0.39, 0.29) is 35.8 Å². The van der Waals surface area contributed by atoms with E-state index >= 15 is 0 Å². The van der Waals surface area contributed by atoms with Gasteiger partial charge in [0.15, 0.2) is 6.04 Å². The molecular formula is C21H22N2O7. The first kappa shape index (κ1) is 22.5. The summed E-state index contributed by atoms with van der Waals surface area (Å²) >= 11 is 0. The monoisotopic (exact) mass is 414 g/mol. The zero-order valence-electron chi connectivity index (χ0n) is 16.8. The van der Waals surface area contributed by atoms with Crippen LogP contribution in [0.3, 0.4) is 0 Å². The minimum absolute atomic E-state index is 0.0239. The first-order valence-electron chi connectivity index (χ1n) is 8.87. The van der Waals surface area contributed by atoms with E-state index in [1.807, 2.05) is 6.07 Å². The molecule has 2 aromatic rings. The number of hydrogen-bond acceptors (Lipinski definition) is 9. The molecule has 1 unspecified atom stereocenters. The van der Waals surface area contributed by atoms with Gasteiger partial charge in [-0.3, -0.25) is 0 Å². The second-order valence-corrected chi connectivity index (χ2v) is 5.95. The predicted molar refractivity (Wildman–Crippen MR) is 106 cm³/mol. The summed E-state index contributed by atoms with van der Waals surface area (Å²) < 4.78 is 20.6. The lowest BCUT2D eigenvalue weighted by atomic mass is 10.00. The molecule has 1 atom stereocenters.